The fourth-order valence-corrected chi connectivity index (χ4v) is 2.94. The van der Waals surface area contributed by atoms with Crippen molar-refractivity contribution in [3.8, 4) is 0 Å². The molecule has 10 heteroatoms. The highest BCUT2D eigenvalue weighted by molar-refractivity contribution is 6.02. The molecule has 29 heavy (non-hydrogen) atoms. The monoisotopic (exact) mass is 408 g/mol. The van der Waals surface area contributed by atoms with Crippen molar-refractivity contribution >= 4 is 17.5 Å². The third kappa shape index (κ3) is 5.18. The second kappa shape index (κ2) is 8.71. The van der Waals surface area contributed by atoms with E-state index in [1.165, 1.54) is 10.7 Å². The van der Waals surface area contributed by atoms with E-state index in [1.54, 1.807) is 10.9 Å². The Hall–Kier alpha value is -2.78. The topological polar surface area (TPSA) is 93.8 Å². The standard InChI is InChI=1S/C19H26F2N6O2/c1-4-26-9-14(17(25-26)19(29)22-8-11(2)3)23-16(28)10-27-15(12-5-6-12)7-13(24-27)18(20)21/h7,9,11-12,18H,4-6,8,10H2,1-3H3,(H,22,29)(H,23,28). The number of alkyl halides is 2. The minimum atomic E-state index is -2.68. The normalized spacial score (nSPS) is 13.9. The van der Waals surface area contributed by atoms with E-state index in [4.69, 9.17) is 0 Å². The van der Waals surface area contributed by atoms with E-state index in [2.05, 4.69) is 20.8 Å². The number of nitrogens with zero attached hydrogens (tertiary/aromatic N) is 4. The number of carbonyl (C=O) groups is 2. The Morgan fingerprint density at radius 3 is 2.59 bits per heavy atom. The van der Waals surface area contributed by atoms with E-state index in [0.29, 0.717) is 18.8 Å². The third-order valence-electron chi connectivity index (χ3n) is 4.59. The SMILES string of the molecule is CCn1cc(NC(=O)Cn2nc(C(F)F)cc2C2CC2)c(C(=O)NCC(C)C)n1. The first-order valence-corrected chi connectivity index (χ1v) is 9.79. The Morgan fingerprint density at radius 1 is 1.28 bits per heavy atom. The van der Waals surface area contributed by atoms with Crippen LogP contribution in [-0.4, -0.2) is 37.9 Å². The van der Waals surface area contributed by atoms with Crippen LogP contribution in [0.3, 0.4) is 0 Å². The predicted octanol–water partition coefficient (Wildman–Crippen LogP) is 2.94. The van der Waals surface area contributed by atoms with Crippen molar-refractivity contribution in [1.82, 2.24) is 24.9 Å². The van der Waals surface area contributed by atoms with E-state index in [0.717, 1.165) is 12.8 Å². The van der Waals surface area contributed by atoms with Crippen LogP contribution < -0.4 is 10.6 Å². The zero-order chi connectivity index (χ0) is 21.1. The number of amides is 2. The van der Waals surface area contributed by atoms with Gasteiger partial charge < -0.3 is 10.6 Å². The number of carbonyl (C=O) groups excluding carboxylic acids is 2. The van der Waals surface area contributed by atoms with Crippen LogP contribution in [0.15, 0.2) is 12.3 Å². The average molecular weight is 408 g/mol. The van der Waals surface area contributed by atoms with Crippen molar-refractivity contribution < 1.29 is 18.4 Å². The Bertz CT molecular complexity index is 885. The summed E-state index contributed by atoms with van der Waals surface area (Å²) < 4.78 is 28.9. The van der Waals surface area contributed by atoms with Gasteiger partial charge in [-0.15, -0.1) is 0 Å². The van der Waals surface area contributed by atoms with Gasteiger partial charge in [0, 0.05) is 30.9 Å². The lowest BCUT2D eigenvalue weighted by molar-refractivity contribution is -0.117. The van der Waals surface area contributed by atoms with Gasteiger partial charge in [-0.05, 0) is 31.7 Å². The molecule has 1 aliphatic carbocycles. The molecule has 2 amide bonds. The molecular formula is C19H26F2N6O2. The van der Waals surface area contributed by atoms with Crippen molar-refractivity contribution in [1.29, 1.82) is 0 Å². The van der Waals surface area contributed by atoms with Crippen LogP contribution in [0, 0.1) is 5.92 Å². The Balaban J connectivity index is 1.74. The second-order valence-electron chi connectivity index (χ2n) is 7.63. The maximum atomic E-state index is 13.0. The number of aromatic nitrogens is 4. The van der Waals surface area contributed by atoms with E-state index in [9.17, 15) is 18.4 Å². The summed E-state index contributed by atoms with van der Waals surface area (Å²) >= 11 is 0. The molecule has 2 aromatic heterocycles. The second-order valence-corrected chi connectivity index (χ2v) is 7.63. The van der Waals surface area contributed by atoms with Crippen molar-refractivity contribution in [2.45, 2.75) is 59.0 Å². The molecule has 0 aliphatic heterocycles. The zero-order valence-electron chi connectivity index (χ0n) is 16.8. The number of aryl methyl sites for hydroxylation is 1. The molecule has 0 saturated heterocycles. The molecule has 0 bridgehead atoms. The van der Waals surface area contributed by atoms with Gasteiger partial charge in [0.25, 0.3) is 12.3 Å². The fourth-order valence-electron chi connectivity index (χ4n) is 2.94. The smallest absolute Gasteiger partial charge is 0.282 e. The highest BCUT2D eigenvalue weighted by Gasteiger charge is 2.30. The quantitative estimate of drug-likeness (QED) is 0.667. The highest BCUT2D eigenvalue weighted by atomic mass is 19.3. The van der Waals surface area contributed by atoms with Crippen molar-refractivity contribution in [3.63, 3.8) is 0 Å². The zero-order valence-corrected chi connectivity index (χ0v) is 16.8. The van der Waals surface area contributed by atoms with Crippen molar-refractivity contribution in [3.05, 3.63) is 29.3 Å². The molecule has 2 heterocycles. The molecular weight excluding hydrogens is 382 g/mol. The lowest BCUT2D eigenvalue weighted by atomic mass is 10.2. The summed E-state index contributed by atoms with van der Waals surface area (Å²) in [6.07, 6.45) is 0.701. The maximum Gasteiger partial charge on any atom is 0.282 e. The molecule has 3 rings (SSSR count). The van der Waals surface area contributed by atoms with Crippen LogP contribution in [0.2, 0.25) is 0 Å². The molecule has 8 nitrogen and oxygen atoms in total. The molecule has 2 aromatic rings. The number of rotatable bonds is 9. The molecule has 1 aliphatic rings. The average Bonchev–Trinajstić information content (AvgIpc) is 3.29. The molecule has 0 atom stereocenters. The van der Waals surface area contributed by atoms with E-state index in [-0.39, 0.29) is 41.4 Å². The first-order valence-electron chi connectivity index (χ1n) is 9.79. The van der Waals surface area contributed by atoms with Gasteiger partial charge in [0.05, 0.1) is 5.69 Å². The first kappa shape index (κ1) is 20.9. The molecule has 0 aromatic carbocycles. The molecule has 1 fully saturated rings. The molecule has 0 spiro atoms. The lowest BCUT2D eigenvalue weighted by Gasteiger charge is -2.09. The molecule has 0 unspecified atom stereocenters. The molecule has 2 N–H and O–H groups in total. The summed E-state index contributed by atoms with van der Waals surface area (Å²) in [6, 6.07) is 1.37. The van der Waals surface area contributed by atoms with Crippen LogP contribution in [0.5, 0.6) is 0 Å². The summed E-state index contributed by atoms with van der Waals surface area (Å²) in [5.41, 5.74) is 0.728. The van der Waals surface area contributed by atoms with Gasteiger partial charge in [0.1, 0.15) is 12.2 Å². The van der Waals surface area contributed by atoms with Crippen LogP contribution in [0.4, 0.5) is 14.5 Å². The first-order chi connectivity index (χ1) is 13.8. The number of nitrogens with one attached hydrogen (secondary N) is 2. The van der Waals surface area contributed by atoms with Gasteiger partial charge in [0.2, 0.25) is 5.91 Å². The minimum Gasteiger partial charge on any atom is -0.350 e. The van der Waals surface area contributed by atoms with Crippen molar-refractivity contribution in [2.24, 2.45) is 5.92 Å². The Morgan fingerprint density at radius 2 is 2.00 bits per heavy atom. The van der Waals surface area contributed by atoms with E-state index in [1.807, 2.05) is 20.8 Å². The van der Waals surface area contributed by atoms with Gasteiger partial charge in [0.15, 0.2) is 5.69 Å². The van der Waals surface area contributed by atoms with Gasteiger partial charge in [-0.25, -0.2) is 8.78 Å². The summed E-state index contributed by atoms with van der Waals surface area (Å²) in [6.45, 7) is 6.63. The minimum absolute atomic E-state index is 0.122. The number of hydrogen-bond acceptors (Lipinski definition) is 4. The number of halogens is 2. The predicted molar refractivity (Wildman–Crippen MR) is 103 cm³/mol. The van der Waals surface area contributed by atoms with E-state index >= 15 is 0 Å². The van der Waals surface area contributed by atoms with Crippen LogP contribution in [-0.2, 0) is 17.9 Å². The molecule has 0 radical (unpaired) electrons. The van der Waals surface area contributed by atoms with Crippen LogP contribution in [0.1, 0.15) is 67.8 Å². The highest BCUT2D eigenvalue weighted by Crippen LogP contribution is 2.41. The largest absolute Gasteiger partial charge is 0.350 e. The summed E-state index contributed by atoms with van der Waals surface area (Å²) in [7, 11) is 0. The number of anilines is 1. The van der Waals surface area contributed by atoms with Gasteiger partial charge in [-0.2, -0.15) is 10.2 Å². The van der Waals surface area contributed by atoms with Crippen molar-refractivity contribution in [2.75, 3.05) is 11.9 Å². The number of hydrogen-bond donors (Lipinski definition) is 2. The molecule has 1 saturated carbocycles. The lowest BCUT2D eigenvalue weighted by Crippen LogP contribution is -2.29. The van der Waals surface area contributed by atoms with Gasteiger partial charge in [-0.1, -0.05) is 13.8 Å². The maximum absolute atomic E-state index is 13.0. The van der Waals surface area contributed by atoms with Gasteiger partial charge >= 0.3 is 0 Å². The van der Waals surface area contributed by atoms with Crippen LogP contribution in [0.25, 0.3) is 0 Å². The Kier molecular flexibility index (Phi) is 6.29. The fraction of sp³-hybridized carbons (Fsp3) is 0.579. The van der Waals surface area contributed by atoms with E-state index < -0.39 is 12.3 Å². The Labute approximate surface area is 167 Å². The van der Waals surface area contributed by atoms with Crippen LogP contribution >= 0.6 is 0 Å². The third-order valence-corrected chi connectivity index (χ3v) is 4.59. The van der Waals surface area contributed by atoms with Gasteiger partial charge in [-0.3, -0.25) is 19.0 Å². The summed E-state index contributed by atoms with van der Waals surface area (Å²) in [5, 5.41) is 13.6. The summed E-state index contributed by atoms with van der Waals surface area (Å²) in [5.74, 6) is -0.388. The summed E-state index contributed by atoms with van der Waals surface area (Å²) in [4.78, 5) is 25.0. The molecule has 158 valence electrons.